The summed E-state index contributed by atoms with van der Waals surface area (Å²) in [5.74, 6) is -1.07. The van der Waals surface area contributed by atoms with Crippen LogP contribution in [-0.4, -0.2) is 30.4 Å². The van der Waals surface area contributed by atoms with E-state index < -0.39 is 5.97 Å². The summed E-state index contributed by atoms with van der Waals surface area (Å²) in [5.41, 5.74) is 5.56. The van der Waals surface area contributed by atoms with Crippen molar-refractivity contribution in [3.05, 3.63) is 94.3 Å². The molecule has 4 aromatic rings. The number of hydrogen-bond acceptors (Lipinski definition) is 4. The van der Waals surface area contributed by atoms with Crippen LogP contribution in [0, 0.1) is 6.92 Å². The van der Waals surface area contributed by atoms with Crippen LogP contribution in [0.4, 0.5) is 0 Å². The number of carboxylic acid groups (broad SMARTS) is 1. The highest BCUT2D eigenvalue weighted by Crippen LogP contribution is 2.32. The topological polar surface area (TPSA) is 90.0 Å². The van der Waals surface area contributed by atoms with Crippen LogP contribution in [-0.2, 0) is 13.6 Å². The lowest BCUT2D eigenvalue weighted by Crippen LogP contribution is -2.20. The molecule has 0 fully saturated rings. The van der Waals surface area contributed by atoms with E-state index in [1.165, 1.54) is 22.9 Å². The van der Waals surface area contributed by atoms with Gasteiger partial charge in [0.05, 0.1) is 12.1 Å². The number of aromatic carboxylic acids is 1. The highest BCUT2D eigenvalue weighted by Gasteiger charge is 2.14. The molecule has 3 heterocycles. The summed E-state index contributed by atoms with van der Waals surface area (Å²) in [5, 5.41) is 13.8. The van der Waals surface area contributed by atoms with Crippen LogP contribution in [0.3, 0.4) is 0 Å². The number of pyridine rings is 2. The Bertz CT molecular complexity index is 1300. The Morgan fingerprint density at radius 2 is 1.93 bits per heavy atom. The third kappa shape index (κ3) is 3.77. The molecule has 0 aliphatic heterocycles. The molecule has 0 atom stereocenters. The fourth-order valence-corrected chi connectivity index (χ4v) is 3.47. The fraction of sp³-hybridized carbons (Fsp3) is 0.130. The van der Waals surface area contributed by atoms with Gasteiger partial charge in [0, 0.05) is 49.0 Å². The number of carboxylic acids is 1. The Morgan fingerprint density at radius 1 is 1.10 bits per heavy atom. The van der Waals surface area contributed by atoms with Crippen LogP contribution in [0.25, 0.3) is 22.4 Å². The van der Waals surface area contributed by atoms with E-state index in [9.17, 15) is 14.7 Å². The molecular weight excluding hydrogens is 380 g/mol. The maximum Gasteiger partial charge on any atom is 0.337 e. The van der Waals surface area contributed by atoms with Gasteiger partial charge in [-0.05, 0) is 41.8 Å². The second-order valence-corrected chi connectivity index (χ2v) is 7.15. The van der Waals surface area contributed by atoms with Crippen molar-refractivity contribution in [2.24, 2.45) is 7.05 Å². The molecule has 0 spiro atoms. The smallest absolute Gasteiger partial charge is 0.337 e. The molecule has 7 heteroatoms. The van der Waals surface area contributed by atoms with E-state index in [-0.39, 0.29) is 17.7 Å². The van der Waals surface area contributed by atoms with E-state index in [0.29, 0.717) is 0 Å². The second-order valence-electron chi connectivity index (χ2n) is 7.15. The van der Waals surface area contributed by atoms with Gasteiger partial charge < -0.3 is 9.67 Å². The van der Waals surface area contributed by atoms with E-state index in [0.717, 1.165) is 33.5 Å². The van der Waals surface area contributed by atoms with Gasteiger partial charge in [-0.1, -0.05) is 18.2 Å². The van der Waals surface area contributed by atoms with Crippen molar-refractivity contribution in [2.45, 2.75) is 13.5 Å². The zero-order chi connectivity index (χ0) is 21.3. The molecule has 0 saturated heterocycles. The van der Waals surface area contributed by atoms with Gasteiger partial charge in [-0.3, -0.25) is 14.5 Å². The third-order valence-electron chi connectivity index (χ3n) is 4.92. The van der Waals surface area contributed by atoms with E-state index in [1.807, 2.05) is 56.7 Å². The first-order valence-electron chi connectivity index (χ1n) is 9.40. The Labute approximate surface area is 172 Å². The highest BCUT2D eigenvalue weighted by atomic mass is 16.4. The molecule has 4 rings (SSSR count). The number of carbonyl (C=O) groups is 1. The van der Waals surface area contributed by atoms with Crippen molar-refractivity contribution in [2.75, 3.05) is 0 Å². The predicted octanol–water partition coefficient (Wildman–Crippen LogP) is 3.37. The molecule has 150 valence electrons. The number of benzene rings is 1. The summed E-state index contributed by atoms with van der Waals surface area (Å²) in [6, 6.07) is 12.3. The molecule has 0 aliphatic rings. The summed E-state index contributed by atoms with van der Waals surface area (Å²) >= 11 is 0. The Morgan fingerprint density at radius 3 is 2.70 bits per heavy atom. The van der Waals surface area contributed by atoms with E-state index in [4.69, 9.17) is 0 Å². The van der Waals surface area contributed by atoms with Crippen LogP contribution in [0.2, 0.25) is 0 Å². The molecule has 1 aromatic carbocycles. The molecule has 0 aliphatic carbocycles. The first kappa shape index (κ1) is 19.3. The minimum Gasteiger partial charge on any atom is -0.478 e. The molecule has 3 aromatic heterocycles. The zero-order valence-electron chi connectivity index (χ0n) is 16.6. The van der Waals surface area contributed by atoms with E-state index >= 15 is 0 Å². The number of aromatic nitrogens is 4. The largest absolute Gasteiger partial charge is 0.478 e. The Kier molecular flexibility index (Phi) is 5.02. The van der Waals surface area contributed by atoms with Crippen molar-refractivity contribution < 1.29 is 9.90 Å². The summed E-state index contributed by atoms with van der Waals surface area (Å²) in [4.78, 5) is 27.6. The monoisotopic (exact) mass is 400 g/mol. The molecule has 7 nitrogen and oxygen atoms in total. The second kappa shape index (κ2) is 7.79. The van der Waals surface area contributed by atoms with E-state index in [2.05, 4.69) is 10.1 Å². The average molecular weight is 400 g/mol. The molecule has 0 radical (unpaired) electrons. The molecular formula is C23H20N4O3. The standard InChI is InChI=1S/C23H20N4O3/c1-15-11-24-9-8-19(15)20-14-26(2)25-22(20)17-5-3-4-16(10-17)12-27-13-18(23(29)30)6-7-21(27)28/h3-11,13-14H,12H2,1-2H3,(H,29,30). The average Bonchev–Trinajstić information content (AvgIpc) is 3.11. The normalized spacial score (nSPS) is 10.9. The zero-order valence-corrected chi connectivity index (χ0v) is 16.6. The van der Waals surface area contributed by atoms with Gasteiger partial charge in [0.2, 0.25) is 0 Å². The van der Waals surface area contributed by atoms with Crippen LogP contribution in [0.5, 0.6) is 0 Å². The molecule has 30 heavy (non-hydrogen) atoms. The van der Waals surface area contributed by atoms with Crippen molar-refractivity contribution in [3.8, 4) is 22.4 Å². The van der Waals surface area contributed by atoms with Gasteiger partial charge in [0.25, 0.3) is 5.56 Å². The van der Waals surface area contributed by atoms with Crippen LogP contribution >= 0.6 is 0 Å². The Balaban J connectivity index is 1.74. The minimum absolute atomic E-state index is 0.0749. The maximum absolute atomic E-state index is 12.2. The molecule has 0 saturated carbocycles. The molecule has 0 bridgehead atoms. The number of aryl methyl sites for hydroxylation is 2. The molecule has 0 unspecified atom stereocenters. The quantitative estimate of drug-likeness (QED) is 0.555. The number of rotatable bonds is 5. The lowest BCUT2D eigenvalue weighted by molar-refractivity contribution is 0.0696. The van der Waals surface area contributed by atoms with Crippen molar-refractivity contribution in [1.82, 2.24) is 19.3 Å². The summed E-state index contributed by atoms with van der Waals surface area (Å²) in [7, 11) is 1.88. The minimum atomic E-state index is -1.07. The van der Waals surface area contributed by atoms with Gasteiger partial charge in [-0.25, -0.2) is 4.79 Å². The van der Waals surface area contributed by atoms with Crippen molar-refractivity contribution in [3.63, 3.8) is 0 Å². The van der Waals surface area contributed by atoms with Gasteiger partial charge in [-0.15, -0.1) is 0 Å². The highest BCUT2D eigenvalue weighted by molar-refractivity contribution is 5.87. The fourth-order valence-electron chi connectivity index (χ4n) is 3.47. The van der Waals surface area contributed by atoms with Gasteiger partial charge >= 0.3 is 5.97 Å². The molecule has 1 N–H and O–H groups in total. The van der Waals surface area contributed by atoms with E-state index in [1.54, 1.807) is 10.9 Å². The van der Waals surface area contributed by atoms with Gasteiger partial charge in [0.1, 0.15) is 5.69 Å². The molecule has 0 amide bonds. The number of nitrogens with zero attached hydrogens (tertiary/aromatic N) is 4. The third-order valence-corrected chi connectivity index (χ3v) is 4.92. The first-order chi connectivity index (χ1) is 14.4. The first-order valence-corrected chi connectivity index (χ1v) is 9.40. The lowest BCUT2D eigenvalue weighted by Gasteiger charge is -2.09. The summed E-state index contributed by atoms with van der Waals surface area (Å²) < 4.78 is 3.17. The van der Waals surface area contributed by atoms with Gasteiger partial charge in [-0.2, -0.15) is 5.10 Å². The van der Waals surface area contributed by atoms with Crippen LogP contribution < -0.4 is 5.56 Å². The predicted molar refractivity (Wildman–Crippen MR) is 113 cm³/mol. The summed E-state index contributed by atoms with van der Waals surface area (Å²) in [6.45, 7) is 2.28. The van der Waals surface area contributed by atoms with Crippen LogP contribution in [0.1, 0.15) is 21.5 Å². The van der Waals surface area contributed by atoms with Crippen LogP contribution in [0.15, 0.2) is 72.0 Å². The maximum atomic E-state index is 12.2. The Hall–Kier alpha value is -4.00. The summed E-state index contributed by atoms with van der Waals surface area (Å²) in [6.07, 6.45) is 6.93. The number of hydrogen-bond donors (Lipinski definition) is 1. The van der Waals surface area contributed by atoms with Gasteiger partial charge in [0.15, 0.2) is 0 Å². The van der Waals surface area contributed by atoms with Crippen molar-refractivity contribution in [1.29, 1.82) is 0 Å². The lowest BCUT2D eigenvalue weighted by atomic mass is 9.98. The SMILES string of the molecule is Cc1cnccc1-c1cn(C)nc1-c1cccc(Cn2cc(C(=O)O)ccc2=O)c1. The van der Waals surface area contributed by atoms with Crippen molar-refractivity contribution >= 4 is 5.97 Å².